The quantitative estimate of drug-likeness (QED) is 0.721. The number of sulfonamides is 1. The lowest BCUT2D eigenvalue weighted by Gasteiger charge is -2.19. The van der Waals surface area contributed by atoms with Gasteiger partial charge in [0.15, 0.2) is 0 Å². The number of rotatable bonds is 6. The molecule has 0 heterocycles. The Hall–Kier alpha value is -1.60. The number of hydrogen-bond donors (Lipinski definition) is 3. The number of nitrogens with two attached hydrogens (primary N) is 1. The summed E-state index contributed by atoms with van der Waals surface area (Å²) in [5, 5.41) is 8.94. The molecule has 4 N–H and O–H groups in total. The molecule has 2 atom stereocenters. The van der Waals surface area contributed by atoms with Crippen LogP contribution in [0.5, 0.6) is 0 Å². The first-order chi connectivity index (χ1) is 8.74. The number of anilines is 1. The predicted octanol–water partition coefficient (Wildman–Crippen LogP) is 0.964. The summed E-state index contributed by atoms with van der Waals surface area (Å²) >= 11 is 0. The summed E-state index contributed by atoms with van der Waals surface area (Å²) in [6, 6.07) is 5.58. The smallest absolute Gasteiger partial charge is 0.321 e. The standard InChI is InChI=1S/C12H18N2O4S/c1-3-10(11(13)12(15)16)8-4-6-9(7-5-8)14-19(2,17)18/h4-7,10-11,14H,3,13H2,1-2H3,(H,15,16). The first-order valence-electron chi connectivity index (χ1n) is 5.80. The van der Waals surface area contributed by atoms with Crippen LogP contribution in [0.15, 0.2) is 24.3 Å². The van der Waals surface area contributed by atoms with Crippen LogP contribution in [0.2, 0.25) is 0 Å². The number of aliphatic carboxylic acids is 1. The van der Waals surface area contributed by atoms with Crippen LogP contribution in [-0.2, 0) is 14.8 Å². The monoisotopic (exact) mass is 286 g/mol. The van der Waals surface area contributed by atoms with Gasteiger partial charge in [-0.3, -0.25) is 9.52 Å². The summed E-state index contributed by atoms with van der Waals surface area (Å²) < 4.78 is 24.5. The van der Waals surface area contributed by atoms with Crippen molar-refractivity contribution in [3.8, 4) is 0 Å². The Kier molecular flexibility index (Phi) is 4.90. The van der Waals surface area contributed by atoms with Gasteiger partial charge in [0, 0.05) is 11.6 Å². The number of carboxylic acid groups (broad SMARTS) is 1. The Bertz CT molecular complexity index is 539. The fourth-order valence-electron chi connectivity index (χ4n) is 1.88. The van der Waals surface area contributed by atoms with E-state index in [-0.39, 0.29) is 5.92 Å². The van der Waals surface area contributed by atoms with Gasteiger partial charge in [-0.25, -0.2) is 8.42 Å². The number of nitrogens with one attached hydrogen (secondary N) is 1. The Balaban J connectivity index is 2.93. The molecule has 1 rings (SSSR count). The van der Waals surface area contributed by atoms with Gasteiger partial charge in [-0.15, -0.1) is 0 Å². The highest BCUT2D eigenvalue weighted by atomic mass is 32.2. The van der Waals surface area contributed by atoms with E-state index in [1.807, 2.05) is 6.92 Å². The third kappa shape index (κ3) is 4.53. The summed E-state index contributed by atoms with van der Waals surface area (Å²) in [4.78, 5) is 10.9. The molecule has 0 fully saturated rings. The number of hydrogen-bond acceptors (Lipinski definition) is 4. The molecule has 0 spiro atoms. The molecule has 106 valence electrons. The van der Waals surface area contributed by atoms with Gasteiger partial charge in [-0.05, 0) is 24.1 Å². The Morgan fingerprint density at radius 1 is 1.37 bits per heavy atom. The summed E-state index contributed by atoms with van der Waals surface area (Å²) in [6.07, 6.45) is 1.66. The average molecular weight is 286 g/mol. The molecule has 19 heavy (non-hydrogen) atoms. The molecule has 0 saturated carbocycles. The second-order valence-corrected chi connectivity index (χ2v) is 6.12. The normalized spacial score (nSPS) is 14.7. The Morgan fingerprint density at radius 3 is 2.26 bits per heavy atom. The van der Waals surface area contributed by atoms with Crippen LogP contribution in [0.25, 0.3) is 0 Å². The molecule has 1 aromatic rings. The van der Waals surface area contributed by atoms with Crippen molar-refractivity contribution in [2.75, 3.05) is 11.0 Å². The third-order valence-corrected chi connectivity index (χ3v) is 3.41. The van der Waals surface area contributed by atoms with Gasteiger partial charge < -0.3 is 10.8 Å². The van der Waals surface area contributed by atoms with Crippen molar-refractivity contribution in [2.45, 2.75) is 25.3 Å². The van der Waals surface area contributed by atoms with E-state index < -0.39 is 22.0 Å². The van der Waals surface area contributed by atoms with Gasteiger partial charge in [0.05, 0.1) is 6.26 Å². The van der Waals surface area contributed by atoms with Gasteiger partial charge in [0.1, 0.15) is 6.04 Å². The molecule has 0 bridgehead atoms. The third-order valence-electron chi connectivity index (χ3n) is 2.80. The van der Waals surface area contributed by atoms with E-state index in [0.717, 1.165) is 11.8 Å². The molecule has 0 aromatic heterocycles. The van der Waals surface area contributed by atoms with E-state index in [2.05, 4.69) is 4.72 Å². The maximum Gasteiger partial charge on any atom is 0.321 e. The molecule has 1 aromatic carbocycles. The molecule has 0 radical (unpaired) electrons. The molecule has 0 saturated heterocycles. The number of carboxylic acids is 1. The summed E-state index contributed by atoms with van der Waals surface area (Å²) in [5.74, 6) is -1.35. The molecule has 0 aliphatic carbocycles. The second kappa shape index (κ2) is 6.03. The fourth-order valence-corrected chi connectivity index (χ4v) is 2.45. The molecule has 0 amide bonds. The van der Waals surface area contributed by atoms with E-state index in [9.17, 15) is 13.2 Å². The van der Waals surface area contributed by atoms with E-state index >= 15 is 0 Å². The molecule has 6 nitrogen and oxygen atoms in total. The summed E-state index contributed by atoms with van der Waals surface area (Å²) in [7, 11) is -3.31. The maximum atomic E-state index is 11.1. The van der Waals surface area contributed by atoms with E-state index in [1.54, 1.807) is 24.3 Å². The zero-order chi connectivity index (χ0) is 14.6. The first-order valence-corrected chi connectivity index (χ1v) is 7.70. The average Bonchev–Trinajstić information content (AvgIpc) is 2.30. The van der Waals surface area contributed by atoms with Crippen LogP contribution in [0.4, 0.5) is 5.69 Å². The van der Waals surface area contributed by atoms with Crippen molar-refractivity contribution >= 4 is 21.7 Å². The molecule has 2 unspecified atom stereocenters. The minimum absolute atomic E-state index is 0.301. The van der Waals surface area contributed by atoms with Crippen molar-refractivity contribution in [1.29, 1.82) is 0 Å². The van der Waals surface area contributed by atoms with Crippen LogP contribution in [0, 0.1) is 0 Å². The van der Waals surface area contributed by atoms with Crippen molar-refractivity contribution in [2.24, 2.45) is 5.73 Å². The van der Waals surface area contributed by atoms with E-state index in [4.69, 9.17) is 10.8 Å². The topological polar surface area (TPSA) is 109 Å². The van der Waals surface area contributed by atoms with Gasteiger partial charge in [0.2, 0.25) is 10.0 Å². The van der Waals surface area contributed by atoms with Gasteiger partial charge in [-0.2, -0.15) is 0 Å². The zero-order valence-electron chi connectivity index (χ0n) is 10.8. The lowest BCUT2D eigenvalue weighted by molar-refractivity contribution is -0.139. The molecule has 7 heteroatoms. The minimum atomic E-state index is -3.31. The highest BCUT2D eigenvalue weighted by Crippen LogP contribution is 2.24. The predicted molar refractivity (Wildman–Crippen MR) is 73.6 cm³/mol. The van der Waals surface area contributed by atoms with Crippen LogP contribution < -0.4 is 10.5 Å². The Labute approximate surface area is 112 Å². The summed E-state index contributed by atoms with van der Waals surface area (Å²) in [6.45, 7) is 1.86. The lowest BCUT2D eigenvalue weighted by Crippen LogP contribution is -2.36. The van der Waals surface area contributed by atoms with E-state index in [0.29, 0.717) is 12.1 Å². The molecular formula is C12H18N2O4S. The number of carbonyl (C=O) groups is 1. The van der Waals surface area contributed by atoms with Crippen LogP contribution in [-0.4, -0.2) is 31.8 Å². The van der Waals surface area contributed by atoms with Crippen molar-refractivity contribution in [1.82, 2.24) is 0 Å². The minimum Gasteiger partial charge on any atom is -0.480 e. The van der Waals surface area contributed by atoms with Crippen LogP contribution in [0.1, 0.15) is 24.8 Å². The first kappa shape index (κ1) is 15.5. The van der Waals surface area contributed by atoms with Gasteiger partial charge >= 0.3 is 5.97 Å². The van der Waals surface area contributed by atoms with Crippen molar-refractivity contribution in [3.63, 3.8) is 0 Å². The molecule has 0 aliphatic rings. The highest BCUT2D eigenvalue weighted by Gasteiger charge is 2.24. The van der Waals surface area contributed by atoms with E-state index in [1.165, 1.54) is 0 Å². The maximum absolute atomic E-state index is 11.1. The van der Waals surface area contributed by atoms with Gasteiger partial charge in [-0.1, -0.05) is 19.1 Å². The fraction of sp³-hybridized carbons (Fsp3) is 0.417. The van der Waals surface area contributed by atoms with Crippen molar-refractivity contribution in [3.05, 3.63) is 29.8 Å². The largest absolute Gasteiger partial charge is 0.480 e. The zero-order valence-corrected chi connectivity index (χ0v) is 11.6. The van der Waals surface area contributed by atoms with Crippen LogP contribution in [0.3, 0.4) is 0 Å². The highest BCUT2D eigenvalue weighted by molar-refractivity contribution is 7.92. The van der Waals surface area contributed by atoms with Gasteiger partial charge in [0.25, 0.3) is 0 Å². The SMILES string of the molecule is CCC(c1ccc(NS(C)(=O)=O)cc1)C(N)C(=O)O. The summed E-state index contributed by atoms with van der Waals surface area (Å²) in [5.41, 5.74) is 6.84. The number of benzene rings is 1. The lowest BCUT2D eigenvalue weighted by atomic mass is 9.89. The molecule has 0 aliphatic heterocycles. The second-order valence-electron chi connectivity index (χ2n) is 4.37. The molecular weight excluding hydrogens is 268 g/mol. The van der Waals surface area contributed by atoms with Crippen molar-refractivity contribution < 1.29 is 18.3 Å². The van der Waals surface area contributed by atoms with Crippen LogP contribution >= 0.6 is 0 Å². The Morgan fingerprint density at radius 2 is 1.89 bits per heavy atom.